The van der Waals surface area contributed by atoms with Crippen LogP contribution in [0.4, 0.5) is 0 Å². The first-order valence-electron chi connectivity index (χ1n) is 3.81. The van der Waals surface area contributed by atoms with E-state index in [0.29, 0.717) is 13.2 Å². The van der Waals surface area contributed by atoms with Crippen molar-refractivity contribution in [2.45, 2.75) is 33.0 Å². The molecule has 1 radical (unpaired) electrons. The third-order valence-electron chi connectivity index (χ3n) is 1.35. The van der Waals surface area contributed by atoms with Crippen LogP contribution in [-0.4, -0.2) is 19.0 Å². The third-order valence-corrected chi connectivity index (χ3v) is 1.35. The predicted molar refractivity (Wildman–Crippen MR) is 41.6 cm³/mol. The van der Waals surface area contributed by atoms with Gasteiger partial charge in [0, 0.05) is 20.1 Å². The van der Waals surface area contributed by atoms with E-state index in [1.807, 2.05) is 20.8 Å². The lowest BCUT2D eigenvalue weighted by atomic mass is 10.2. The van der Waals surface area contributed by atoms with Gasteiger partial charge < -0.3 is 9.47 Å². The van der Waals surface area contributed by atoms with Gasteiger partial charge in [-0.3, -0.25) is 0 Å². The molecule has 0 aliphatic heterocycles. The maximum absolute atomic E-state index is 5.29. The van der Waals surface area contributed by atoms with Gasteiger partial charge in [0.15, 0.2) is 5.79 Å². The fourth-order valence-corrected chi connectivity index (χ4v) is 0.772. The minimum absolute atomic E-state index is 0.608. The number of rotatable bonds is 5. The molecule has 61 valence electrons. The molecule has 0 N–H and O–H groups in total. The molecule has 0 aliphatic carbocycles. The van der Waals surface area contributed by atoms with Crippen LogP contribution in [-0.2, 0) is 9.47 Å². The van der Waals surface area contributed by atoms with Crippen LogP contribution in [0.1, 0.15) is 27.2 Å². The van der Waals surface area contributed by atoms with Crippen molar-refractivity contribution in [2.75, 3.05) is 13.2 Å². The van der Waals surface area contributed by atoms with Crippen molar-refractivity contribution in [3.05, 3.63) is 6.92 Å². The Kier molecular flexibility index (Phi) is 4.65. The molecule has 2 heteroatoms. The van der Waals surface area contributed by atoms with Crippen LogP contribution in [0.2, 0.25) is 0 Å². The van der Waals surface area contributed by atoms with E-state index in [9.17, 15) is 0 Å². The van der Waals surface area contributed by atoms with E-state index in [0.717, 1.165) is 6.42 Å². The lowest BCUT2D eigenvalue weighted by Gasteiger charge is -2.27. The molecule has 0 spiro atoms. The lowest BCUT2D eigenvalue weighted by Crippen LogP contribution is -2.31. The molecule has 0 saturated heterocycles. The molecule has 0 bridgehead atoms. The highest BCUT2D eigenvalue weighted by Gasteiger charge is 2.21. The molecule has 0 aromatic carbocycles. The Labute approximate surface area is 63.5 Å². The Morgan fingerprint density at radius 3 is 1.70 bits per heavy atom. The number of hydrogen-bond donors (Lipinski definition) is 0. The third kappa shape index (κ3) is 3.18. The van der Waals surface area contributed by atoms with Crippen molar-refractivity contribution in [2.24, 2.45) is 0 Å². The zero-order chi connectivity index (χ0) is 8.04. The van der Waals surface area contributed by atoms with Crippen LogP contribution in [0.3, 0.4) is 0 Å². The summed E-state index contributed by atoms with van der Waals surface area (Å²) in [4.78, 5) is 0. The second-order valence-electron chi connectivity index (χ2n) is 2.13. The van der Waals surface area contributed by atoms with E-state index < -0.39 is 5.79 Å². The molecule has 0 heterocycles. The molecule has 2 nitrogen and oxygen atoms in total. The lowest BCUT2D eigenvalue weighted by molar-refractivity contribution is -0.202. The number of ether oxygens (including phenoxy) is 2. The minimum Gasteiger partial charge on any atom is -0.350 e. The van der Waals surface area contributed by atoms with E-state index in [-0.39, 0.29) is 0 Å². The first kappa shape index (κ1) is 9.92. The van der Waals surface area contributed by atoms with Gasteiger partial charge in [-0.2, -0.15) is 0 Å². The number of hydrogen-bond acceptors (Lipinski definition) is 2. The molecule has 0 saturated carbocycles. The summed E-state index contributed by atoms with van der Waals surface area (Å²) in [6.45, 7) is 11.0. The van der Waals surface area contributed by atoms with Crippen molar-refractivity contribution in [1.29, 1.82) is 0 Å². The monoisotopic (exact) mass is 145 g/mol. The quantitative estimate of drug-likeness (QED) is 0.551. The van der Waals surface area contributed by atoms with Gasteiger partial charge in [-0.1, -0.05) is 6.92 Å². The fourth-order valence-electron chi connectivity index (χ4n) is 0.772. The molecular weight excluding hydrogens is 128 g/mol. The predicted octanol–water partition coefficient (Wildman–Crippen LogP) is 2.00. The molecule has 10 heavy (non-hydrogen) atoms. The topological polar surface area (TPSA) is 18.5 Å². The van der Waals surface area contributed by atoms with E-state index in [1.54, 1.807) is 0 Å². The highest BCUT2D eigenvalue weighted by Crippen LogP contribution is 2.15. The van der Waals surface area contributed by atoms with Crippen molar-refractivity contribution >= 4 is 0 Å². The van der Waals surface area contributed by atoms with E-state index in [4.69, 9.17) is 9.47 Å². The van der Waals surface area contributed by atoms with Gasteiger partial charge in [0.05, 0.1) is 0 Å². The average molecular weight is 145 g/mol. The van der Waals surface area contributed by atoms with E-state index >= 15 is 0 Å². The summed E-state index contributed by atoms with van der Waals surface area (Å²) in [6.07, 6.45) is 0.786. The second-order valence-corrected chi connectivity index (χ2v) is 2.13. The smallest absolute Gasteiger partial charge is 0.168 e. The van der Waals surface area contributed by atoms with E-state index in [1.165, 1.54) is 0 Å². The van der Waals surface area contributed by atoms with Crippen LogP contribution in [0.25, 0.3) is 0 Å². The molecule has 0 amide bonds. The van der Waals surface area contributed by atoms with Crippen LogP contribution in [0, 0.1) is 6.92 Å². The van der Waals surface area contributed by atoms with E-state index in [2.05, 4.69) is 6.92 Å². The SMILES string of the molecule is [CH2]C(CC)(OCC)OCC. The summed E-state index contributed by atoms with van der Waals surface area (Å²) >= 11 is 0. The Balaban J connectivity index is 3.69. The highest BCUT2D eigenvalue weighted by atomic mass is 16.7. The molecule has 0 aliphatic rings. The fraction of sp³-hybridized carbons (Fsp3) is 0.875. The first-order valence-corrected chi connectivity index (χ1v) is 3.81. The standard InChI is InChI=1S/C8H17O2/c1-5-8(4,9-6-2)10-7-3/h4-7H2,1-3H3. The minimum atomic E-state index is -0.608. The molecule has 0 aromatic heterocycles. The summed E-state index contributed by atoms with van der Waals surface area (Å²) < 4.78 is 10.6. The van der Waals surface area contributed by atoms with Crippen molar-refractivity contribution < 1.29 is 9.47 Å². The van der Waals surface area contributed by atoms with Gasteiger partial charge in [0.25, 0.3) is 0 Å². The molecule has 0 atom stereocenters. The van der Waals surface area contributed by atoms with Gasteiger partial charge in [0.2, 0.25) is 0 Å². The Bertz CT molecular complexity index is 75.3. The largest absolute Gasteiger partial charge is 0.350 e. The van der Waals surface area contributed by atoms with Crippen molar-refractivity contribution in [3.63, 3.8) is 0 Å². The molecule has 0 aromatic rings. The molecule has 0 unspecified atom stereocenters. The van der Waals surface area contributed by atoms with Gasteiger partial charge in [-0.25, -0.2) is 0 Å². The summed E-state index contributed by atoms with van der Waals surface area (Å²) in [5.41, 5.74) is 0. The normalized spacial score (nSPS) is 12.0. The first-order chi connectivity index (χ1) is 4.68. The van der Waals surface area contributed by atoms with Gasteiger partial charge in [-0.15, -0.1) is 0 Å². The molecule has 0 rings (SSSR count). The summed E-state index contributed by atoms with van der Waals surface area (Å²) in [5.74, 6) is -0.608. The Morgan fingerprint density at radius 2 is 1.50 bits per heavy atom. The maximum atomic E-state index is 5.29. The summed E-state index contributed by atoms with van der Waals surface area (Å²) in [7, 11) is 0. The Hall–Kier alpha value is -0.0800. The summed E-state index contributed by atoms with van der Waals surface area (Å²) in [6, 6.07) is 0. The van der Waals surface area contributed by atoms with Gasteiger partial charge >= 0.3 is 0 Å². The maximum Gasteiger partial charge on any atom is 0.168 e. The summed E-state index contributed by atoms with van der Waals surface area (Å²) in [5, 5.41) is 0. The zero-order valence-electron chi connectivity index (χ0n) is 7.14. The second kappa shape index (κ2) is 4.69. The average Bonchev–Trinajstić information content (AvgIpc) is 1.89. The van der Waals surface area contributed by atoms with Crippen LogP contribution >= 0.6 is 0 Å². The molecule has 0 fully saturated rings. The highest BCUT2D eigenvalue weighted by molar-refractivity contribution is 4.69. The zero-order valence-corrected chi connectivity index (χ0v) is 7.14. The van der Waals surface area contributed by atoms with Crippen molar-refractivity contribution in [1.82, 2.24) is 0 Å². The van der Waals surface area contributed by atoms with Gasteiger partial charge in [-0.05, 0) is 20.3 Å². The van der Waals surface area contributed by atoms with Gasteiger partial charge in [0.1, 0.15) is 0 Å². The van der Waals surface area contributed by atoms with Crippen molar-refractivity contribution in [3.8, 4) is 0 Å². The Morgan fingerprint density at radius 1 is 1.10 bits per heavy atom. The van der Waals surface area contributed by atoms with Crippen LogP contribution in [0.5, 0.6) is 0 Å². The van der Waals surface area contributed by atoms with Crippen LogP contribution < -0.4 is 0 Å². The molecular formula is C8H17O2. The van der Waals surface area contributed by atoms with Crippen LogP contribution in [0.15, 0.2) is 0 Å².